The zero-order valence-electron chi connectivity index (χ0n) is 9.96. The van der Waals surface area contributed by atoms with Crippen molar-refractivity contribution in [1.29, 1.82) is 0 Å². The monoisotopic (exact) mass is 215 g/mol. The lowest BCUT2D eigenvalue weighted by molar-refractivity contribution is 1.04. The van der Waals surface area contributed by atoms with Gasteiger partial charge >= 0.3 is 0 Å². The number of aromatic nitrogens is 2. The van der Waals surface area contributed by atoms with E-state index in [1.807, 2.05) is 7.05 Å². The molecule has 0 saturated heterocycles. The SMILES string of the molecule is CCc1nc(-c2ccc(NC)cc2)[nH]c1C. The highest BCUT2D eigenvalue weighted by molar-refractivity contribution is 5.60. The van der Waals surface area contributed by atoms with Crippen LogP contribution in [0.1, 0.15) is 18.3 Å². The Hall–Kier alpha value is -1.77. The predicted octanol–water partition coefficient (Wildman–Crippen LogP) is 2.99. The van der Waals surface area contributed by atoms with E-state index in [0.29, 0.717) is 0 Å². The molecular formula is C13H17N3. The fourth-order valence-electron chi connectivity index (χ4n) is 1.77. The van der Waals surface area contributed by atoms with Gasteiger partial charge in [-0.05, 0) is 37.6 Å². The first-order valence-electron chi connectivity index (χ1n) is 5.58. The average Bonchev–Trinajstić information content (AvgIpc) is 2.71. The van der Waals surface area contributed by atoms with Crippen molar-refractivity contribution >= 4 is 5.69 Å². The summed E-state index contributed by atoms with van der Waals surface area (Å²) in [7, 11) is 1.92. The summed E-state index contributed by atoms with van der Waals surface area (Å²) in [5.41, 5.74) is 4.55. The number of anilines is 1. The molecule has 0 aliphatic rings. The molecule has 84 valence electrons. The van der Waals surface area contributed by atoms with E-state index in [-0.39, 0.29) is 0 Å². The molecule has 0 radical (unpaired) electrons. The molecule has 0 fully saturated rings. The molecule has 0 bridgehead atoms. The van der Waals surface area contributed by atoms with Crippen molar-refractivity contribution in [3.05, 3.63) is 35.7 Å². The molecule has 2 aromatic rings. The highest BCUT2D eigenvalue weighted by Crippen LogP contribution is 2.20. The molecule has 16 heavy (non-hydrogen) atoms. The van der Waals surface area contributed by atoms with Crippen LogP contribution in [0.4, 0.5) is 5.69 Å². The zero-order valence-corrected chi connectivity index (χ0v) is 9.96. The Morgan fingerprint density at radius 2 is 1.94 bits per heavy atom. The Morgan fingerprint density at radius 3 is 2.44 bits per heavy atom. The molecule has 0 aliphatic carbocycles. The van der Waals surface area contributed by atoms with E-state index in [1.165, 1.54) is 0 Å². The summed E-state index contributed by atoms with van der Waals surface area (Å²) in [5, 5.41) is 3.10. The molecule has 1 heterocycles. The summed E-state index contributed by atoms with van der Waals surface area (Å²) in [5.74, 6) is 0.956. The van der Waals surface area contributed by atoms with Gasteiger partial charge in [0.2, 0.25) is 0 Å². The summed E-state index contributed by atoms with van der Waals surface area (Å²) >= 11 is 0. The maximum Gasteiger partial charge on any atom is 0.137 e. The maximum absolute atomic E-state index is 4.58. The van der Waals surface area contributed by atoms with Gasteiger partial charge in [-0.2, -0.15) is 0 Å². The summed E-state index contributed by atoms with van der Waals surface area (Å²) < 4.78 is 0. The molecular weight excluding hydrogens is 198 g/mol. The van der Waals surface area contributed by atoms with Crippen LogP contribution in [0, 0.1) is 6.92 Å². The van der Waals surface area contributed by atoms with Crippen LogP contribution < -0.4 is 5.32 Å². The highest BCUT2D eigenvalue weighted by atomic mass is 14.9. The lowest BCUT2D eigenvalue weighted by atomic mass is 10.2. The maximum atomic E-state index is 4.58. The van der Waals surface area contributed by atoms with E-state index in [4.69, 9.17) is 0 Å². The van der Waals surface area contributed by atoms with Crippen LogP contribution in [0.15, 0.2) is 24.3 Å². The average molecular weight is 215 g/mol. The number of hydrogen-bond acceptors (Lipinski definition) is 2. The van der Waals surface area contributed by atoms with Gasteiger partial charge in [0.1, 0.15) is 5.82 Å². The van der Waals surface area contributed by atoms with Crippen LogP contribution in [0.5, 0.6) is 0 Å². The van der Waals surface area contributed by atoms with E-state index >= 15 is 0 Å². The van der Waals surface area contributed by atoms with E-state index in [1.54, 1.807) is 0 Å². The minimum Gasteiger partial charge on any atom is -0.388 e. The Labute approximate surface area is 95.9 Å². The molecule has 1 aromatic carbocycles. The quantitative estimate of drug-likeness (QED) is 0.826. The van der Waals surface area contributed by atoms with Crippen LogP contribution in [0.2, 0.25) is 0 Å². The molecule has 2 rings (SSSR count). The van der Waals surface area contributed by atoms with Crippen LogP contribution in [-0.4, -0.2) is 17.0 Å². The number of rotatable bonds is 3. The van der Waals surface area contributed by atoms with Crippen molar-refractivity contribution in [2.24, 2.45) is 0 Å². The summed E-state index contributed by atoms with van der Waals surface area (Å²) in [4.78, 5) is 7.90. The van der Waals surface area contributed by atoms with E-state index in [2.05, 4.69) is 53.4 Å². The molecule has 1 aromatic heterocycles. The van der Waals surface area contributed by atoms with Crippen molar-refractivity contribution in [2.75, 3.05) is 12.4 Å². The minimum atomic E-state index is 0.956. The molecule has 2 N–H and O–H groups in total. The topological polar surface area (TPSA) is 40.7 Å². The largest absolute Gasteiger partial charge is 0.388 e. The van der Waals surface area contributed by atoms with E-state index < -0.39 is 0 Å². The van der Waals surface area contributed by atoms with Crippen molar-refractivity contribution in [1.82, 2.24) is 9.97 Å². The Bertz CT molecular complexity index is 468. The molecule has 3 heteroatoms. The van der Waals surface area contributed by atoms with Gasteiger partial charge in [0.25, 0.3) is 0 Å². The number of hydrogen-bond donors (Lipinski definition) is 2. The third-order valence-corrected chi connectivity index (χ3v) is 2.77. The highest BCUT2D eigenvalue weighted by Gasteiger charge is 2.06. The van der Waals surface area contributed by atoms with Gasteiger partial charge in [0.05, 0.1) is 5.69 Å². The summed E-state index contributed by atoms with van der Waals surface area (Å²) in [6, 6.07) is 8.25. The van der Waals surface area contributed by atoms with Crippen LogP contribution in [0.25, 0.3) is 11.4 Å². The summed E-state index contributed by atoms with van der Waals surface area (Å²) in [6.45, 7) is 4.19. The van der Waals surface area contributed by atoms with E-state index in [9.17, 15) is 0 Å². The number of aromatic amines is 1. The number of nitrogens with zero attached hydrogens (tertiary/aromatic N) is 1. The molecule has 0 saturated carbocycles. The molecule has 0 amide bonds. The fourth-order valence-corrected chi connectivity index (χ4v) is 1.77. The number of imidazole rings is 1. The second-order valence-electron chi connectivity index (χ2n) is 3.84. The van der Waals surface area contributed by atoms with Crippen LogP contribution >= 0.6 is 0 Å². The van der Waals surface area contributed by atoms with Gasteiger partial charge in [-0.15, -0.1) is 0 Å². The number of benzene rings is 1. The zero-order chi connectivity index (χ0) is 11.5. The molecule has 0 spiro atoms. The first-order chi connectivity index (χ1) is 7.74. The Morgan fingerprint density at radius 1 is 1.25 bits per heavy atom. The molecule has 0 atom stereocenters. The van der Waals surface area contributed by atoms with Gasteiger partial charge in [-0.1, -0.05) is 6.92 Å². The van der Waals surface area contributed by atoms with Gasteiger partial charge < -0.3 is 10.3 Å². The van der Waals surface area contributed by atoms with Crippen LogP contribution in [0.3, 0.4) is 0 Å². The normalized spacial score (nSPS) is 10.4. The van der Waals surface area contributed by atoms with Crippen LogP contribution in [-0.2, 0) is 6.42 Å². The van der Waals surface area contributed by atoms with Gasteiger partial charge in [0, 0.05) is 24.0 Å². The standard InChI is InChI=1S/C13H17N3/c1-4-12-9(2)15-13(16-12)10-5-7-11(14-3)8-6-10/h5-8,14H,4H2,1-3H3,(H,15,16). The first-order valence-corrected chi connectivity index (χ1v) is 5.58. The second kappa shape index (κ2) is 4.39. The minimum absolute atomic E-state index is 0.956. The number of aryl methyl sites for hydroxylation is 2. The number of nitrogens with one attached hydrogen (secondary N) is 2. The fraction of sp³-hybridized carbons (Fsp3) is 0.308. The van der Waals surface area contributed by atoms with Crippen molar-refractivity contribution in [2.45, 2.75) is 20.3 Å². The second-order valence-corrected chi connectivity index (χ2v) is 3.84. The summed E-state index contributed by atoms with van der Waals surface area (Å²) in [6.07, 6.45) is 0.969. The molecule has 3 nitrogen and oxygen atoms in total. The Balaban J connectivity index is 2.34. The third kappa shape index (κ3) is 1.94. The predicted molar refractivity (Wildman–Crippen MR) is 67.7 cm³/mol. The van der Waals surface area contributed by atoms with Crippen molar-refractivity contribution in [3.63, 3.8) is 0 Å². The third-order valence-electron chi connectivity index (χ3n) is 2.77. The van der Waals surface area contributed by atoms with Crippen molar-refractivity contribution in [3.8, 4) is 11.4 Å². The van der Waals surface area contributed by atoms with Gasteiger partial charge in [-0.25, -0.2) is 4.98 Å². The smallest absolute Gasteiger partial charge is 0.137 e. The van der Waals surface area contributed by atoms with E-state index in [0.717, 1.165) is 34.9 Å². The molecule has 0 unspecified atom stereocenters. The van der Waals surface area contributed by atoms with Gasteiger partial charge in [-0.3, -0.25) is 0 Å². The molecule has 0 aliphatic heterocycles. The van der Waals surface area contributed by atoms with Gasteiger partial charge in [0.15, 0.2) is 0 Å². The lowest BCUT2D eigenvalue weighted by Crippen LogP contribution is -1.87. The first kappa shape index (κ1) is 10.7. The Kier molecular flexibility index (Phi) is 2.95. The van der Waals surface area contributed by atoms with Crippen molar-refractivity contribution < 1.29 is 0 Å². The lowest BCUT2D eigenvalue weighted by Gasteiger charge is -2.00. The number of H-pyrrole nitrogens is 1.